The number of hydrogen-bond donors (Lipinski definition) is 0. The first-order valence-electron chi connectivity index (χ1n) is 9.11. The molecule has 1 aromatic rings. The van der Waals surface area contributed by atoms with Gasteiger partial charge in [-0.15, -0.1) is 0 Å². The monoisotopic (exact) mass is 380 g/mol. The summed E-state index contributed by atoms with van der Waals surface area (Å²) >= 11 is 0. The van der Waals surface area contributed by atoms with Crippen LogP contribution in [0, 0.1) is 0 Å². The van der Waals surface area contributed by atoms with Crippen molar-refractivity contribution in [3.8, 4) is 0 Å². The molecule has 0 N–H and O–H groups in total. The lowest BCUT2D eigenvalue weighted by atomic mass is 9.85. The Morgan fingerprint density at radius 3 is 2.31 bits per heavy atom. The van der Waals surface area contributed by atoms with E-state index in [1.54, 1.807) is 23.1 Å². The number of benzene rings is 1. The highest BCUT2D eigenvalue weighted by atomic mass is 32.2. The molecule has 0 aromatic heterocycles. The number of morpholine rings is 1. The van der Waals surface area contributed by atoms with Crippen LogP contribution in [0.5, 0.6) is 0 Å². The highest BCUT2D eigenvalue weighted by molar-refractivity contribution is 7.89. The largest absolute Gasteiger partial charge is 0.378 e. The summed E-state index contributed by atoms with van der Waals surface area (Å²) in [5.74, 6) is -0.147. The maximum atomic E-state index is 13.0. The van der Waals surface area contributed by atoms with E-state index in [-0.39, 0.29) is 16.4 Å². The maximum absolute atomic E-state index is 13.0. The van der Waals surface area contributed by atoms with Gasteiger partial charge in [-0.05, 0) is 37.5 Å². The fourth-order valence-corrected chi connectivity index (χ4v) is 5.29. The minimum absolute atomic E-state index is 0.0971. The van der Waals surface area contributed by atoms with Crippen molar-refractivity contribution in [2.75, 3.05) is 46.0 Å². The predicted octanol–water partition coefficient (Wildman–Crippen LogP) is 1.10. The fourth-order valence-electron chi connectivity index (χ4n) is 3.81. The van der Waals surface area contributed by atoms with E-state index in [4.69, 9.17) is 9.47 Å². The van der Waals surface area contributed by atoms with Crippen molar-refractivity contribution in [1.82, 2.24) is 9.21 Å². The van der Waals surface area contributed by atoms with Crippen LogP contribution in [0.1, 0.15) is 29.6 Å². The Kier molecular flexibility index (Phi) is 4.77. The van der Waals surface area contributed by atoms with E-state index in [1.807, 2.05) is 0 Å². The van der Waals surface area contributed by atoms with Gasteiger partial charge in [0.1, 0.15) is 0 Å². The van der Waals surface area contributed by atoms with Crippen LogP contribution in [0.4, 0.5) is 0 Å². The van der Waals surface area contributed by atoms with Crippen LogP contribution in [0.2, 0.25) is 0 Å². The Bertz CT molecular complexity index is 775. The zero-order valence-corrected chi connectivity index (χ0v) is 15.5. The highest BCUT2D eigenvalue weighted by Gasteiger charge is 2.43. The Labute approximate surface area is 153 Å². The summed E-state index contributed by atoms with van der Waals surface area (Å²) in [6.45, 7) is 3.79. The van der Waals surface area contributed by atoms with Crippen molar-refractivity contribution in [1.29, 1.82) is 0 Å². The second-order valence-electron chi connectivity index (χ2n) is 7.12. The second kappa shape index (κ2) is 6.92. The molecule has 1 aromatic carbocycles. The van der Waals surface area contributed by atoms with E-state index in [9.17, 15) is 13.2 Å². The summed E-state index contributed by atoms with van der Waals surface area (Å²) in [6.07, 6.45) is 2.49. The number of amides is 1. The molecule has 0 atom stereocenters. The molecule has 3 fully saturated rings. The third-order valence-corrected chi connectivity index (χ3v) is 7.51. The van der Waals surface area contributed by atoms with Crippen LogP contribution in [0.15, 0.2) is 29.2 Å². The minimum Gasteiger partial charge on any atom is -0.378 e. The fraction of sp³-hybridized carbons (Fsp3) is 0.611. The van der Waals surface area contributed by atoms with E-state index in [0.717, 1.165) is 25.9 Å². The summed E-state index contributed by atoms with van der Waals surface area (Å²) in [5, 5.41) is 0. The van der Waals surface area contributed by atoms with Gasteiger partial charge < -0.3 is 14.4 Å². The van der Waals surface area contributed by atoms with Crippen molar-refractivity contribution in [3.05, 3.63) is 29.8 Å². The summed E-state index contributed by atoms with van der Waals surface area (Å²) in [7, 11) is -3.60. The van der Waals surface area contributed by atoms with Gasteiger partial charge in [0, 0.05) is 31.7 Å². The van der Waals surface area contributed by atoms with Gasteiger partial charge in [0.2, 0.25) is 10.0 Å². The van der Waals surface area contributed by atoms with Crippen LogP contribution < -0.4 is 0 Å². The molecular formula is C18H24N2O5S. The summed E-state index contributed by atoms with van der Waals surface area (Å²) < 4.78 is 38.4. The van der Waals surface area contributed by atoms with Crippen LogP contribution in [-0.2, 0) is 19.5 Å². The second-order valence-corrected chi connectivity index (χ2v) is 9.06. The van der Waals surface area contributed by atoms with Crippen molar-refractivity contribution >= 4 is 15.9 Å². The van der Waals surface area contributed by atoms with E-state index >= 15 is 0 Å². The lowest BCUT2D eigenvalue weighted by Gasteiger charge is -2.47. The molecule has 4 rings (SSSR count). The number of piperidine rings is 1. The number of carbonyl (C=O) groups excluding carboxylic acids is 1. The predicted molar refractivity (Wildman–Crippen MR) is 94.5 cm³/mol. The standard InChI is InChI=1S/C18H24N2O5S/c21-17(19-9-12-24-13-10-19)15-2-1-3-16(14-15)26(22,23)20-7-4-18(5-8-20)6-11-25-18/h1-3,14H,4-13H2. The number of hydrogen-bond acceptors (Lipinski definition) is 5. The van der Waals surface area contributed by atoms with Crippen molar-refractivity contribution in [3.63, 3.8) is 0 Å². The molecule has 8 heteroatoms. The first kappa shape index (κ1) is 17.9. The lowest BCUT2D eigenvalue weighted by Crippen LogP contribution is -2.53. The van der Waals surface area contributed by atoms with E-state index in [0.29, 0.717) is 45.0 Å². The Morgan fingerprint density at radius 2 is 1.69 bits per heavy atom. The Morgan fingerprint density at radius 1 is 1.00 bits per heavy atom. The van der Waals surface area contributed by atoms with Gasteiger partial charge in [-0.25, -0.2) is 8.42 Å². The normalized spacial score (nSPS) is 23.6. The van der Waals surface area contributed by atoms with Gasteiger partial charge in [0.25, 0.3) is 5.91 Å². The Balaban J connectivity index is 1.50. The third-order valence-electron chi connectivity index (χ3n) is 5.62. The molecule has 0 saturated carbocycles. The molecule has 3 aliphatic rings. The molecule has 3 aliphatic heterocycles. The summed E-state index contributed by atoms with van der Waals surface area (Å²) in [4.78, 5) is 14.5. The first-order chi connectivity index (χ1) is 12.5. The maximum Gasteiger partial charge on any atom is 0.254 e. The average molecular weight is 380 g/mol. The van der Waals surface area contributed by atoms with E-state index < -0.39 is 10.0 Å². The van der Waals surface area contributed by atoms with E-state index in [2.05, 4.69) is 0 Å². The summed E-state index contributed by atoms with van der Waals surface area (Å²) in [5.41, 5.74) is 0.309. The molecule has 3 saturated heterocycles. The number of carbonyl (C=O) groups is 1. The van der Waals surface area contributed by atoms with Crippen molar-refractivity contribution in [2.45, 2.75) is 29.8 Å². The molecule has 26 heavy (non-hydrogen) atoms. The van der Waals surface area contributed by atoms with Gasteiger partial charge in [0.05, 0.1) is 30.3 Å². The summed E-state index contributed by atoms with van der Waals surface area (Å²) in [6, 6.07) is 6.37. The molecule has 142 valence electrons. The van der Waals surface area contributed by atoms with Crippen LogP contribution in [0.3, 0.4) is 0 Å². The quantitative estimate of drug-likeness (QED) is 0.785. The molecule has 0 aliphatic carbocycles. The van der Waals surface area contributed by atoms with Crippen LogP contribution >= 0.6 is 0 Å². The molecule has 3 heterocycles. The van der Waals surface area contributed by atoms with Gasteiger partial charge in [-0.1, -0.05) is 6.07 Å². The molecule has 0 radical (unpaired) electrons. The van der Waals surface area contributed by atoms with Gasteiger partial charge in [0.15, 0.2) is 0 Å². The van der Waals surface area contributed by atoms with Crippen molar-refractivity contribution < 1.29 is 22.7 Å². The smallest absolute Gasteiger partial charge is 0.254 e. The molecule has 7 nitrogen and oxygen atoms in total. The van der Waals surface area contributed by atoms with Gasteiger partial charge >= 0.3 is 0 Å². The highest BCUT2D eigenvalue weighted by Crippen LogP contribution is 2.38. The minimum atomic E-state index is -3.60. The number of ether oxygens (including phenoxy) is 2. The third kappa shape index (κ3) is 3.26. The van der Waals surface area contributed by atoms with E-state index in [1.165, 1.54) is 10.4 Å². The Hall–Kier alpha value is -1.48. The zero-order chi connectivity index (χ0) is 18.2. The number of rotatable bonds is 3. The molecule has 0 unspecified atom stereocenters. The van der Waals surface area contributed by atoms with Gasteiger partial charge in [-0.2, -0.15) is 4.31 Å². The number of nitrogens with zero attached hydrogens (tertiary/aromatic N) is 2. The molecule has 0 bridgehead atoms. The van der Waals surface area contributed by atoms with Crippen LogP contribution in [0.25, 0.3) is 0 Å². The topological polar surface area (TPSA) is 76.2 Å². The molecule has 1 spiro atoms. The molecular weight excluding hydrogens is 356 g/mol. The van der Waals surface area contributed by atoms with Crippen LogP contribution in [-0.4, -0.2) is 75.1 Å². The zero-order valence-electron chi connectivity index (χ0n) is 14.7. The molecule has 1 amide bonds. The average Bonchev–Trinajstić information content (AvgIpc) is 2.67. The number of sulfonamides is 1. The first-order valence-corrected chi connectivity index (χ1v) is 10.6. The van der Waals surface area contributed by atoms with Gasteiger partial charge in [-0.3, -0.25) is 4.79 Å². The SMILES string of the molecule is O=C(c1cccc(S(=O)(=O)N2CCC3(CCO3)CC2)c1)N1CCOCC1. The lowest BCUT2D eigenvalue weighted by molar-refractivity contribution is -0.167. The van der Waals surface area contributed by atoms with Crippen molar-refractivity contribution in [2.24, 2.45) is 0 Å².